The van der Waals surface area contributed by atoms with Crippen molar-refractivity contribution in [2.24, 2.45) is 5.73 Å². The molecule has 0 aromatic rings. The summed E-state index contributed by atoms with van der Waals surface area (Å²) in [4.78, 5) is 0. The van der Waals surface area contributed by atoms with Gasteiger partial charge in [-0.1, -0.05) is 0 Å². The van der Waals surface area contributed by atoms with Crippen LogP contribution >= 0.6 is 0 Å². The van der Waals surface area contributed by atoms with Crippen molar-refractivity contribution in [1.82, 2.24) is 5.32 Å². The molecule has 0 aliphatic rings. The molecule has 28 valence electrons. The third kappa shape index (κ3) is 3.98. The lowest BCUT2D eigenvalue weighted by Crippen LogP contribution is -2.22. The summed E-state index contributed by atoms with van der Waals surface area (Å²) in [5.74, 6) is 0. The van der Waals surface area contributed by atoms with Gasteiger partial charge in [-0.15, -0.1) is 0 Å². The molecule has 0 heterocycles. The predicted octanol–water partition coefficient (Wildman–Crippen LogP) is -1.38. The summed E-state index contributed by atoms with van der Waals surface area (Å²) in [7, 11) is 4.95. The van der Waals surface area contributed by atoms with Crippen molar-refractivity contribution in [1.29, 1.82) is 0 Å². The average Bonchev–Trinajstić information content (AvgIpc) is 1.41. The van der Waals surface area contributed by atoms with Gasteiger partial charge < -0.3 is 11.1 Å². The Hall–Kier alpha value is -0.0151. The highest BCUT2D eigenvalue weighted by molar-refractivity contribution is 6.08. The normalized spacial score (nSPS) is 8.20. The molecule has 0 aromatic carbocycles. The van der Waals surface area contributed by atoms with Crippen molar-refractivity contribution in [2.45, 2.75) is 0 Å². The zero-order valence-electron chi connectivity index (χ0n) is 3.07. The minimum absolute atomic E-state index is 0.469. The molecule has 0 spiro atoms. The first kappa shape index (κ1) is 4.98. The van der Waals surface area contributed by atoms with Crippen LogP contribution in [0, 0.1) is 0 Å². The smallest absolute Gasteiger partial charge is 0.0860 e. The molecule has 0 aromatic heterocycles. The van der Waals surface area contributed by atoms with Gasteiger partial charge in [0.2, 0.25) is 0 Å². The van der Waals surface area contributed by atoms with Crippen LogP contribution in [-0.2, 0) is 0 Å². The van der Waals surface area contributed by atoms with Crippen molar-refractivity contribution in [2.75, 3.05) is 13.1 Å². The maximum absolute atomic E-state index is 4.95. The molecule has 0 amide bonds. The Morgan fingerprint density at radius 3 is 2.40 bits per heavy atom. The topological polar surface area (TPSA) is 38.0 Å². The van der Waals surface area contributed by atoms with E-state index in [0.29, 0.717) is 13.1 Å². The van der Waals surface area contributed by atoms with E-state index < -0.39 is 0 Å². The molecule has 0 aliphatic carbocycles. The van der Waals surface area contributed by atoms with Gasteiger partial charge in [0.1, 0.15) is 0 Å². The van der Waals surface area contributed by atoms with Crippen LogP contribution in [0.2, 0.25) is 0 Å². The minimum atomic E-state index is 0.469. The summed E-state index contributed by atoms with van der Waals surface area (Å²) in [5, 5.41) is 2.67. The Labute approximate surface area is 33.1 Å². The molecule has 3 N–H and O–H groups in total. The summed E-state index contributed by atoms with van der Waals surface area (Å²) < 4.78 is 0. The molecule has 0 saturated carbocycles. The largest absolute Gasteiger partial charge is 0.319 e. The number of hydrogen-bond acceptors (Lipinski definition) is 2. The summed E-state index contributed by atoms with van der Waals surface area (Å²) in [5.41, 5.74) is 4.95. The fourth-order valence-electron chi connectivity index (χ4n) is 0.0833. The molecule has 0 unspecified atom stereocenters. The maximum atomic E-state index is 4.95. The van der Waals surface area contributed by atoms with E-state index in [0.717, 1.165) is 0 Å². The summed E-state index contributed by atoms with van der Waals surface area (Å²) in [6.45, 7) is 0.469. The minimum Gasteiger partial charge on any atom is -0.319 e. The van der Waals surface area contributed by atoms with E-state index in [1.165, 1.54) is 0 Å². The van der Waals surface area contributed by atoms with Crippen molar-refractivity contribution in [3.63, 3.8) is 0 Å². The quantitative estimate of drug-likeness (QED) is 0.310. The molecule has 2 nitrogen and oxygen atoms in total. The number of hydrogen-bond donors (Lipinski definition) is 2. The molecule has 0 atom stereocenters. The van der Waals surface area contributed by atoms with Crippen LogP contribution < -0.4 is 11.1 Å². The van der Waals surface area contributed by atoms with Gasteiger partial charge in [-0.05, 0) is 6.44 Å². The number of nitrogens with one attached hydrogen (secondary N) is 1. The van der Waals surface area contributed by atoms with Gasteiger partial charge in [0.25, 0.3) is 0 Å². The van der Waals surface area contributed by atoms with Crippen LogP contribution in [0.15, 0.2) is 0 Å². The lowest BCUT2D eigenvalue weighted by atomic mass is 10.2. The van der Waals surface area contributed by atoms with Crippen molar-refractivity contribution in [3.8, 4) is 0 Å². The van der Waals surface area contributed by atoms with E-state index >= 15 is 0 Å². The Balaban J connectivity index is 2.19. The van der Waals surface area contributed by atoms with Gasteiger partial charge >= 0.3 is 0 Å². The highest BCUT2D eigenvalue weighted by Gasteiger charge is 1.62. The highest BCUT2D eigenvalue weighted by atomic mass is 14.9. The molecule has 0 rings (SSSR count). The average molecular weight is 69.9 g/mol. The molecule has 0 fully saturated rings. The standard InChI is InChI=1S/C2H7BN2/c3-1-5-2-4/h5H,1-2,4H2. The Bertz CT molecular complexity index is 15.1. The third-order valence-electron chi connectivity index (χ3n) is 0.289. The van der Waals surface area contributed by atoms with Gasteiger partial charge in [0, 0.05) is 6.67 Å². The molecule has 2 radical (unpaired) electrons. The van der Waals surface area contributed by atoms with Gasteiger partial charge in [-0.3, -0.25) is 0 Å². The van der Waals surface area contributed by atoms with Crippen molar-refractivity contribution < 1.29 is 0 Å². The first-order valence-corrected chi connectivity index (χ1v) is 1.52. The van der Waals surface area contributed by atoms with E-state index in [-0.39, 0.29) is 0 Å². The van der Waals surface area contributed by atoms with E-state index in [4.69, 9.17) is 13.6 Å². The van der Waals surface area contributed by atoms with Crippen LogP contribution in [0.4, 0.5) is 0 Å². The molecule has 3 heteroatoms. The summed E-state index contributed by atoms with van der Waals surface area (Å²) in [6.07, 6.45) is 0.469. The second-order valence-corrected chi connectivity index (χ2v) is 0.658. The number of rotatable bonds is 2. The van der Waals surface area contributed by atoms with Gasteiger partial charge in [0.05, 0.1) is 7.85 Å². The van der Waals surface area contributed by atoms with E-state index in [1.807, 2.05) is 0 Å². The van der Waals surface area contributed by atoms with E-state index in [1.54, 1.807) is 0 Å². The fourth-order valence-corrected chi connectivity index (χ4v) is 0.0833. The second kappa shape index (κ2) is 3.98. The highest BCUT2D eigenvalue weighted by Crippen LogP contribution is 1.31. The Morgan fingerprint density at radius 1 is 1.80 bits per heavy atom. The third-order valence-corrected chi connectivity index (χ3v) is 0.289. The number of nitrogens with two attached hydrogens (primary N) is 1. The second-order valence-electron chi connectivity index (χ2n) is 0.658. The monoisotopic (exact) mass is 70.1 g/mol. The fraction of sp³-hybridized carbons (Fsp3) is 1.00. The molecule has 0 aliphatic heterocycles. The summed E-state index contributed by atoms with van der Waals surface area (Å²) in [6, 6.07) is 0. The zero-order chi connectivity index (χ0) is 4.12. The molecular formula is C2H7BN2. The van der Waals surface area contributed by atoms with Crippen LogP contribution in [0.3, 0.4) is 0 Å². The van der Waals surface area contributed by atoms with Crippen LogP contribution in [0.1, 0.15) is 0 Å². The van der Waals surface area contributed by atoms with Crippen LogP contribution in [0.25, 0.3) is 0 Å². The van der Waals surface area contributed by atoms with Crippen LogP contribution in [-0.4, -0.2) is 21.0 Å². The molecular weight excluding hydrogens is 62.8 g/mol. The predicted molar refractivity (Wildman–Crippen MR) is 22.8 cm³/mol. The molecule has 0 saturated heterocycles. The van der Waals surface area contributed by atoms with Gasteiger partial charge in [-0.2, -0.15) is 0 Å². The van der Waals surface area contributed by atoms with Gasteiger partial charge in [0.15, 0.2) is 0 Å². The first-order valence-electron chi connectivity index (χ1n) is 1.52. The first-order chi connectivity index (χ1) is 2.41. The van der Waals surface area contributed by atoms with Crippen molar-refractivity contribution in [3.05, 3.63) is 0 Å². The Kier molecular flexibility index (Phi) is 3.97. The maximum Gasteiger partial charge on any atom is 0.0860 e. The molecule has 0 bridgehead atoms. The zero-order valence-corrected chi connectivity index (χ0v) is 3.07. The van der Waals surface area contributed by atoms with Crippen LogP contribution in [0.5, 0.6) is 0 Å². The SMILES string of the molecule is [B]CNCN. The lowest BCUT2D eigenvalue weighted by Gasteiger charge is -1.87. The Morgan fingerprint density at radius 2 is 2.40 bits per heavy atom. The summed E-state index contributed by atoms with van der Waals surface area (Å²) >= 11 is 0. The van der Waals surface area contributed by atoms with E-state index in [2.05, 4.69) is 5.32 Å². The molecule has 5 heavy (non-hydrogen) atoms. The van der Waals surface area contributed by atoms with E-state index in [9.17, 15) is 0 Å². The van der Waals surface area contributed by atoms with Gasteiger partial charge in [-0.25, -0.2) is 0 Å². The lowest BCUT2D eigenvalue weighted by molar-refractivity contribution is 0.807. The van der Waals surface area contributed by atoms with Crippen molar-refractivity contribution >= 4 is 7.85 Å².